The Balaban J connectivity index is 1.26. The van der Waals surface area contributed by atoms with Crippen LogP contribution < -0.4 is 20.3 Å². The molecule has 2 aliphatic rings. The molecule has 1 fully saturated rings. The summed E-state index contributed by atoms with van der Waals surface area (Å²) in [6, 6.07) is 13.4. The minimum atomic E-state index is -0.118. The molecule has 0 unspecified atom stereocenters. The van der Waals surface area contributed by atoms with E-state index in [1.807, 2.05) is 24.3 Å². The molecule has 2 heterocycles. The van der Waals surface area contributed by atoms with Crippen LogP contribution in [-0.2, 0) is 16.8 Å². The zero-order valence-corrected chi connectivity index (χ0v) is 18.0. The molecule has 2 aromatic carbocycles. The van der Waals surface area contributed by atoms with E-state index in [-0.39, 0.29) is 30.1 Å². The second kappa shape index (κ2) is 8.65. The van der Waals surface area contributed by atoms with Crippen molar-refractivity contribution in [1.82, 2.24) is 14.9 Å². The lowest BCUT2D eigenvalue weighted by Gasteiger charge is -2.38. The lowest BCUT2D eigenvalue weighted by molar-refractivity contribution is -0.121. The third kappa shape index (κ3) is 3.95. The number of para-hydroxylation sites is 1. The average molecular weight is 434 g/mol. The first-order valence-electron chi connectivity index (χ1n) is 11.3. The molecule has 1 amide bonds. The highest BCUT2D eigenvalue weighted by Gasteiger charge is 2.35. The number of carbonyl (C=O) groups excluding carboxylic acids is 1. The molecule has 1 saturated carbocycles. The standard InChI is InChI=1S/C25H27N3O4/c29-23(10-13-28-16-27-20-7-3-2-6-19(20)24(28)30)26-15-25(11-4-1-5-12-25)18-8-9-21-22(14-18)32-17-31-21/h2-3,6-9,14,16H,1,4-5,10-13,15,17H2,(H,26,29). The normalized spacial score (nSPS) is 16.8. The summed E-state index contributed by atoms with van der Waals surface area (Å²) < 4.78 is 12.5. The van der Waals surface area contributed by atoms with Gasteiger partial charge in [-0.15, -0.1) is 0 Å². The van der Waals surface area contributed by atoms with Gasteiger partial charge in [0.1, 0.15) is 0 Å². The minimum absolute atomic E-state index is 0.0595. The monoisotopic (exact) mass is 433 g/mol. The highest BCUT2D eigenvalue weighted by atomic mass is 16.7. The molecule has 7 nitrogen and oxygen atoms in total. The van der Waals surface area contributed by atoms with Gasteiger partial charge in [0.15, 0.2) is 11.5 Å². The van der Waals surface area contributed by atoms with Crippen LogP contribution in [0.3, 0.4) is 0 Å². The Morgan fingerprint density at radius 3 is 2.75 bits per heavy atom. The summed E-state index contributed by atoms with van der Waals surface area (Å²) in [4.78, 5) is 29.7. The summed E-state index contributed by atoms with van der Waals surface area (Å²) in [7, 11) is 0. The summed E-state index contributed by atoms with van der Waals surface area (Å²) in [6.07, 6.45) is 7.31. The Morgan fingerprint density at radius 1 is 1.06 bits per heavy atom. The second-order valence-corrected chi connectivity index (χ2v) is 8.70. The number of hydrogen-bond acceptors (Lipinski definition) is 5. The van der Waals surface area contributed by atoms with E-state index in [1.165, 1.54) is 22.9 Å². The van der Waals surface area contributed by atoms with Crippen molar-refractivity contribution in [2.45, 2.75) is 50.5 Å². The highest BCUT2D eigenvalue weighted by Crippen LogP contribution is 2.43. The predicted molar refractivity (Wildman–Crippen MR) is 121 cm³/mol. The van der Waals surface area contributed by atoms with Gasteiger partial charge < -0.3 is 14.8 Å². The Kier molecular flexibility index (Phi) is 5.55. The number of carbonyl (C=O) groups is 1. The number of nitrogens with zero attached hydrogens (tertiary/aromatic N) is 2. The van der Waals surface area contributed by atoms with Crippen LogP contribution in [0.2, 0.25) is 0 Å². The fourth-order valence-corrected chi connectivity index (χ4v) is 4.87. The van der Waals surface area contributed by atoms with Crippen molar-refractivity contribution in [3.05, 3.63) is 64.7 Å². The largest absolute Gasteiger partial charge is 0.454 e. The lowest BCUT2D eigenvalue weighted by atomic mass is 9.69. The van der Waals surface area contributed by atoms with Crippen molar-refractivity contribution in [2.75, 3.05) is 13.3 Å². The van der Waals surface area contributed by atoms with Gasteiger partial charge in [-0.25, -0.2) is 4.98 Å². The Morgan fingerprint density at radius 2 is 1.88 bits per heavy atom. The molecule has 1 aromatic heterocycles. The van der Waals surface area contributed by atoms with Crippen LogP contribution in [0.5, 0.6) is 11.5 Å². The van der Waals surface area contributed by atoms with Gasteiger partial charge in [-0.05, 0) is 42.7 Å². The van der Waals surface area contributed by atoms with E-state index in [4.69, 9.17) is 9.47 Å². The molecule has 0 atom stereocenters. The molecule has 1 aliphatic carbocycles. The van der Waals surface area contributed by atoms with Gasteiger partial charge in [-0.3, -0.25) is 14.2 Å². The number of nitrogens with one attached hydrogen (secondary N) is 1. The van der Waals surface area contributed by atoms with E-state index in [2.05, 4.69) is 22.4 Å². The Bertz CT molecular complexity index is 1200. The topological polar surface area (TPSA) is 82.5 Å². The van der Waals surface area contributed by atoms with Crippen molar-refractivity contribution in [3.63, 3.8) is 0 Å². The summed E-state index contributed by atoms with van der Waals surface area (Å²) in [6.45, 7) is 1.14. The van der Waals surface area contributed by atoms with Crippen molar-refractivity contribution < 1.29 is 14.3 Å². The zero-order chi connectivity index (χ0) is 22.0. The van der Waals surface area contributed by atoms with Crippen LogP contribution in [0.15, 0.2) is 53.6 Å². The van der Waals surface area contributed by atoms with Crippen LogP contribution in [0.4, 0.5) is 0 Å². The van der Waals surface area contributed by atoms with Gasteiger partial charge in [0.25, 0.3) is 5.56 Å². The van der Waals surface area contributed by atoms with Gasteiger partial charge in [-0.2, -0.15) is 0 Å². The fraction of sp³-hybridized carbons (Fsp3) is 0.400. The molecule has 1 N–H and O–H groups in total. The molecule has 32 heavy (non-hydrogen) atoms. The molecule has 0 radical (unpaired) electrons. The summed E-state index contributed by atoms with van der Waals surface area (Å²) in [5, 5.41) is 3.71. The zero-order valence-electron chi connectivity index (χ0n) is 18.0. The third-order valence-corrected chi connectivity index (χ3v) is 6.73. The second-order valence-electron chi connectivity index (χ2n) is 8.70. The maximum Gasteiger partial charge on any atom is 0.261 e. The van der Waals surface area contributed by atoms with E-state index in [1.54, 1.807) is 6.07 Å². The van der Waals surface area contributed by atoms with Crippen LogP contribution in [-0.4, -0.2) is 28.8 Å². The van der Waals surface area contributed by atoms with Gasteiger partial charge in [0, 0.05) is 24.9 Å². The number of benzene rings is 2. The molecule has 0 saturated heterocycles. The van der Waals surface area contributed by atoms with Crippen molar-refractivity contribution >= 4 is 16.8 Å². The van der Waals surface area contributed by atoms with E-state index < -0.39 is 0 Å². The quantitative estimate of drug-likeness (QED) is 0.643. The molecule has 5 rings (SSSR count). The van der Waals surface area contributed by atoms with Gasteiger partial charge in [-0.1, -0.05) is 37.5 Å². The average Bonchev–Trinajstić information content (AvgIpc) is 3.31. The van der Waals surface area contributed by atoms with Crippen LogP contribution >= 0.6 is 0 Å². The smallest absolute Gasteiger partial charge is 0.261 e. The number of fused-ring (bicyclic) bond motifs is 2. The van der Waals surface area contributed by atoms with E-state index in [9.17, 15) is 9.59 Å². The first kappa shape index (κ1) is 20.5. The molecule has 166 valence electrons. The number of ether oxygens (including phenoxy) is 2. The molecule has 1 aliphatic heterocycles. The summed E-state index contributed by atoms with van der Waals surface area (Å²) in [5.74, 6) is 1.50. The maximum absolute atomic E-state index is 12.7. The maximum atomic E-state index is 12.7. The number of aryl methyl sites for hydroxylation is 1. The highest BCUT2D eigenvalue weighted by molar-refractivity contribution is 5.77. The van der Waals surface area contributed by atoms with Gasteiger partial charge in [0.2, 0.25) is 12.7 Å². The molecule has 0 bridgehead atoms. The number of amides is 1. The molecule has 7 heteroatoms. The van der Waals surface area contributed by atoms with Crippen LogP contribution in [0, 0.1) is 0 Å². The minimum Gasteiger partial charge on any atom is -0.454 e. The Labute approximate surface area is 186 Å². The summed E-state index contributed by atoms with van der Waals surface area (Å²) in [5.41, 5.74) is 1.64. The number of aromatic nitrogens is 2. The SMILES string of the molecule is O=C(CCn1cnc2ccccc2c1=O)NCC1(c2ccc3c(c2)OCO3)CCCCC1. The van der Waals surface area contributed by atoms with Crippen molar-refractivity contribution in [2.24, 2.45) is 0 Å². The van der Waals surface area contributed by atoms with E-state index in [0.29, 0.717) is 24.0 Å². The Hall–Kier alpha value is -3.35. The third-order valence-electron chi connectivity index (χ3n) is 6.73. The van der Waals surface area contributed by atoms with Crippen LogP contribution in [0.1, 0.15) is 44.1 Å². The summed E-state index contributed by atoms with van der Waals surface area (Å²) >= 11 is 0. The van der Waals surface area contributed by atoms with E-state index >= 15 is 0 Å². The molecule has 3 aromatic rings. The van der Waals surface area contributed by atoms with E-state index in [0.717, 1.165) is 37.2 Å². The first-order valence-corrected chi connectivity index (χ1v) is 11.3. The number of rotatable bonds is 6. The molecular formula is C25H27N3O4. The number of hydrogen-bond donors (Lipinski definition) is 1. The van der Waals surface area contributed by atoms with Crippen molar-refractivity contribution in [3.8, 4) is 11.5 Å². The first-order chi connectivity index (χ1) is 15.6. The molecule has 0 spiro atoms. The fourth-order valence-electron chi connectivity index (χ4n) is 4.87. The van der Waals surface area contributed by atoms with Gasteiger partial charge >= 0.3 is 0 Å². The van der Waals surface area contributed by atoms with Gasteiger partial charge in [0.05, 0.1) is 17.2 Å². The predicted octanol–water partition coefficient (Wildman–Crippen LogP) is 3.53. The lowest BCUT2D eigenvalue weighted by Crippen LogP contribution is -2.42. The molecular weight excluding hydrogens is 406 g/mol. The van der Waals surface area contributed by atoms with Crippen molar-refractivity contribution in [1.29, 1.82) is 0 Å². The van der Waals surface area contributed by atoms with Crippen LogP contribution in [0.25, 0.3) is 10.9 Å².